The second kappa shape index (κ2) is 6.07. The molecule has 0 radical (unpaired) electrons. The topological polar surface area (TPSA) is 72.2 Å². The van der Waals surface area contributed by atoms with Gasteiger partial charge in [0.1, 0.15) is 0 Å². The Balaban J connectivity index is 3.07. The fourth-order valence-corrected chi connectivity index (χ4v) is 2.26. The molecule has 0 aliphatic carbocycles. The van der Waals surface area contributed by atoms with Crippen molar-refractivity contribution >= 4 is 15.5 Å². The Morgan fingerprint density at radius 1 is 1.21 bits per heavy atom. The summed E-state index contributed by atoms with van der Waals surface area (Å²) in [5.74, 6) is 0. The largest absolute Gasteiger partial charge is 0.501 e. The average Bonchev–Trinajstić information content (AvgIpc) is 2.34. The Kier molecular flexibility index (Phi) is 4.96. The molecule has 0 atom stereocenters. The molecule has 19 heavy (non-hydrogen) atoms. The molecule has 0 spiro atoms. The lowest BCUT2D eigenvalue weighted by Gasteiger charge is -2.13. The number of rotatable bonds is 5. The van der Waals surface area contributed by atoms with Gasteiger partial charge in [-0.3, -0.25) is 0 Å². The van der Waals surface area contributed by atoms with Crippen LogP contribution in [0.2, 0.25) is 0 Å². The molecule has 0 bridgehead atoms. The van der Waals surface area contributed by atoms with Crippen LogP contribution in [0.3, 0.4) is 0 Å². The van der Waals surface area contributed by atoms with Crippen molar-refractivity contribution in [2.75, 3.05) is 18.4 Å². The van der Waals surface area contributed by atoms with Crippen LogP contribution in [0.15, 0.2) is 41.3 Å². The summed E-state index contributed by atoms with van der Waals surface area (Å²) >= 11 is 0. The third-order valence-corrected chi connectivity index (χ3v) is 3.74. The maximum atomic E-state index is 12.5. The monoisotopic (exact) mass is 294 g/mol. The Hall–Kier alpha value is -1.54. The molecular weight excluding hydrogens is 281 g/mol. The van der Waals surface area contributed by atoms with E-state index in [0.717, 1.165) is 6.07 Å². The lowest BCUT2D eigenvalue weighted by atomic mass is 10.3. The number of sulfone groups is 1. The van der Waals surface area contributed by atoms with Gasteiger partial charge in [-0.1, -0.05) is 24.3 Å². The molecule has 0 heterocycles. The first-order valence-electron chi connectivity index (χ1n) is 5.30. The van der Waals surface area contributed by atoms with Crippen LogP contribution in [0.4, 0.5) is 18.9 Å². The van der Waals surface area contributed by atoms with Crippen molar-refractivity contribution in [3.05, 3.63) is 36.4 Å². The first-order chi connectivity index (χ1) is 8.80. The van der Waals surface area contributed by atoms with E-state index >= 15 is 0 Å². The minimum Gasteiger partial charge on any atom is -0.381 e. The highest BCUT2D eigenvalue weighted by Gasteiger charge is 2.47. The van der Waals surface area contributed by atoms with E-state index in [1.165, 1.54) is 18.2 Å². The summed E-state index contributed by atoms with van der Waals surface area (Å²) in [6.07, 6.45) is 3.20. The SMILES string of the molecule is NC/C=C/CNc1ccccc1S(=O)(=O)C(F)(F)F. The molecular formula is C11H13F3N2O2S. The maximum absolute atomic E-state index is 12.5. The highest BCUT2D eigenvalue weighted by Crippen LogP contribution is 2.34. The maximum Gasteiger partial charge on any atom is 0.501 e. The van der Waals surface area contributed by atoms with Gasteiger partial charge in [-0.15, -0.1) is 0 Å². The zero-order valence-corrected chi connectivity index (χ0v) is 10.6. The van der Waals surface area contributed by atoms with E-state index in [1.807, 2.05) is 0 Å². The van der Waals surface area contributed by atoms with E-state index in [-0.39, 0.29) is 12.2 Å². The summed E-state index contributed by atoms with van der Waals surface area (Å²) in [7, 11) is -5.36. The van der Waals surface area contributed by atoms with Crippen molar-refractivity contribution in [1.29, 1.82) is 0 Å². The van der Waals surface area contributed by atoms with Crippen LogP contribution >= 0.6 is 0 Å². The Morgan fingerprint density at radius 2 is 1.84 bits per heavy atom. The van der Waals surface area contributed by atoms with Crippen LogP contribution in [0.1, 0.15) is 0 Å². The Bertz CT molecular complexity index is 553. The lowest BCUT2D eigenvalue weighted by molar-refractivity contribution is -0.0435. The molecule has 0 fully saturated rings. The summed E-state index contributed by atoms with van der Waals surface area (Å²) < 4.78 is 60.2. The summed E-state index contributed by atoms with van der Waals surface area (Å²) in [6.45, 7) is 0.478. The first-order valence-corrected chi connectivity index (χ1v) is 6.78. The van der Waals surface area contributed by atoms with Gasteiger partial charge in [0.05, 0.1) is 10.6 Å². The number of para-hydroxylation sites is 1. The van der Waals surface area contributed by atoms with Crippen LogP contribution < -0.4 is 11.1 Å². The first kappa shape index (κ1) is 15.5. The van der Waals surface area contributed by atoms with Crippen molar-refractivity contribution < 1.29 is 21.6 Å². The van der Waals surface area contributed by atoms with Crippen molar-refractivity contribution in [2.24, 2.45) is 5.73 Å². The molecule has 0 unspecified atom stereocenters. The molecule has 3 N–H and O–H groups in total. The lowest BCUT2D eigenvalue weighted by Crippen LogP contribution is -2.24. The van der Waals surface area contributed by atoms with Crippen LogP contribution in [0.5, 0.6) is 0 Å². The van der Waals surface area contributed by atoms with Gasteiger partial charge in [-0.2, -0.15) is 13.2 Å². The number of hydrogen-bond donors (Lipinski definition) is 2. The van der Waals surface area contributed by atoms with E-state index in [2.05, 4.69) is 5.32 Å². The predicted octanol–water partition coefficient (Wildman–Crippen LogP) is 1.91. The van der Waals surface area contributed by atoms with Gasteiger partial charge < -0.3 is 11.1 Å². The van der Waals surface area contributed by atoms with Crippen molar-refractivity contribution in [3.8, 4) is 0 Å². The number of hydrogen-bond acceptors (Lipinski definition) is 4. The van der Waals surface area contributed by atoms with Gasteiger partial charge in [0.15, 0.2) is 0 Å². The highest BCUT2D eigenvalue weighted by molar-refractivity contribution is 7.92. The molecule has 1 rings (SSSR count). The third kappa shape index (κ3) is 3.71. The highest BCUT2D eigenvalue weighted by atomic mass is 32.2. The van der Waals surface area contributed by atoms with Crippen molar-refractivity contribution in [3.63, 3.8) is 0 Å². The molecule has 1 aromatic rings. The molecule has 8 heteroatoms. The smallest absolute Gasteiger partial charge is 0.381 e. The molecule has 0 aliphatic rings. The van der Waals surface area contributed by atoms with E-state index in [1.54, 1.807) is 12.2 Å². The van der Waals surface area contributed by atoms with E-state index < -0.39 is 20.2 Å². The number of nitrogens with two attached hydrogens (primary N) is 1. The molecule has 0 amide bonds. The van der Waals surface area contributed by atoms with Crippen LogP contribution in [0, 0.1) is 0 Å². The second-order valence-electron chi connectivity index (χ2n) is 3.53. The van der Waals surface area contributed by atoms with Gasteiger partial charge in [-0.25, -0.2) is 8.42 Å². The van der Waals surface area contributed by atoms with Crippen molar-refractivity contribution in [1.82, 2.24) is 0 Å². The fraction of sp³-hybridized carbons (Fsp3) is 0.273. The summed E-state index contributed by atoms with van der Waals surface area (Å²) in [6, 6.07) is 4.87. The van der Waals surface area contributed by atoms with Gasteiger partial charge >= 0.3 is 5.51 Å². The Morgan fingerprint density at radius 3 is 2.42 bits per heavy atom. The Labute approximate surface area is 109 Å². The molecule has 0 saturated heterocycles. The minimum atomic E-state index is -5.36. The summed E-state index contributed by atoms with van der Waals surface area (Å²) in [4.78, 5) is -0.788. The molecule has 0 aromatic heterocycles. The van der Waals surface area contributed by atoms with Crippen molar-refractivity contribution in [2.45, 2.75) is 10.4 Å². The normalized spacial score (nSPS) is 12.8. The number of alkyl halides is 3. The second-order valence-corrected chi connectivity index (χ2v) is 5.44. The average molecular weight is 294 g/mol. The van der Waals surface area contributed by atoms with Gasteiger partial charge in [0.2, 0.25) is 0 Å². The number of benzene rings is 1. The molecule has 0 aliphatic heterocycles. The van der Waals surface area contributed by atoms with Gasteiger partial charge in [0, 0.05) is 13.1 Å². The number of anilines is 1. The quantitative estimate of drug-likeness (QED) is 0.814. The van der Waals surface area contributed by atoms with Crippen LogP contribution in [0.25, 0.3) is 0 Å². The van der Waals surface area contributed by atoms with E-state index in [4.69, 9.17) is 5.73 Å². The number of halogens is 3. The number of nitrogens with one attached hydrogen (secondary N) is 1. The molecule has 4 nitrogen and oxygen atoms in total. The standard InChI is InChI=1S/C11H13F3N2O2S/c12-11(13,14)19(17,18)10-6-2-1-5-9(10)16-8-4-3-7-15/h1-6,16H,7-8,15H2/b4-3+. The third-order valence-electron chi connectivity index (χ3n) is 2.19. The molecule has 1 aromatic carbocycles. The summed E-state index contributed by atoms with van der Waals surface area (Å²) in [5, 5.41) is 2.60. The van der Waals surface area contributed by atoms with E-state index in [9.17, 15) is 21.6 Å². The van der Waals surface area contributed by atoms with Gasteiger partial charge in [-0.05, 0) is 12.1 Å². The summed E-state index contributed by atoms with van der Waals surface area (Å²) in [5.41, 5.74) is -0.212. The predicted molar refractivity (Wildman–Crippen MR) is 66.4 cm³/mol. The van der Waals surface area contributed by atoms with E-state index in [0.29, 0.717) is 6.54 Å². The fourth-order valence-electron chi connectivity index (χ4n) is 1.32. The van der Waals surface area contributed by atoms with Crippen LogP contribution in [-0.4, -0.2) is 27.0 Å². The molecule has 106 valence electrons. The minimum absolute atomic E-state index is 0.0958. The van der Waals surface area contributed by atoms with Gasteiger partial charge in [0.25, 0.3) is 9.84 Å². The molecule has 0 saturated carbocycles. The zero-order valence-electron chi connectivity index (χ0n) is 9.81. The van der Waals surface area contributed by atoms with Crippen LogP contribution in [-0.2, 0) is 9.84 Å². The zero-order chi connectivity index (χ0) is 14.5.